The molecule has 0 aromatic heterocycles. The van der Waals surface area contributed by atoms with Crippen LogP contribution in [-0.4, -0.2) is 49.5 Å². The van der Waals surface area contributed by atoms with E-state index in [0.29, 0.717) is 12.6 Å². The summed E-state index contributed by atoms with van der Waals surface area (Å²) in [6, 6.07) is 11.1. The van der Waals surface area contributed by atoms with Gasteiger partial charge >= 0.3 is 0 Å². The summed E-state index contributed by atoms with van der Waals surface area (Å²) in [6.07, 6.45) is 5.62. The van der Waals surface area contributed by atoms with Gasteiger partial charge < -0.3 is 9.84 Å². The first-order valence-electron chi connectivity index (χ1n) is 8.57. The van der Waals surface area contributed by atoms with Crippen molar-refractivity contribution < 1.29 is 9.84 Å². The highest BCUT2D eigenvalue weighted by Crippen LogP contribution is 2.36. The molecule has 0 aliphatic carbocycles. The summed E-state index contributed by atoms with van der Waals surface area (Å²) in [6.45, 7) is 5.51. The van der Waals surface area contributed by atoms with Crippen LogP contribution < -0.4 is 0 Å². The SMILES string of the molecule is COCC(C)N1CCC(CO)(CCCc2ccccc2)CC1. The van der Waals surface area contributed by atoms with Crippen LogP contribution in [-0.2, 0) is 11.2 Å². The lowest BCUT2D eigenvalue weighted by Crippen LogP contribution is -2.47. The lowest BCUT2D eigenvalue weighted by molar-refractivity contribution is 0.00728. The predicted octanol–water partition coefficient (Wildman–Crippen LogP) is 3.12. The molecule has 1 unspecified atom stereocenters. The lowest BCUT2D eigenvalue weighted by Gasteiger charge is -2.43. The molecule has 1 aliphatic rings. The minimum absolute atomic E-state index is 0.137. The third-order valence-electron chi connectivity index (χ3n) is 5.24. The van der Waals surface area contributed by atoms with E-state index in [4.69, 9.17) is 4.74 Å². The van der Waals surface area contributed by atoms with Crippen LogP contribution in [0.5, 0.6) is 0 Å². The van der Waals surface area contributed by atoms with Crippen molar-refractivity contribution in [3.8, 4) is 0 Å². The molecular formula is C19H31NO2. The molecule has 1 aromatic rings. The molecule has 1 heterocycles. The first kappa shape index (κ1) is 17.5. The summed E-state index contributed by atoms with van der Waals surface area (Å²) in [7, 11) is 1.77. The Morgan fingerprint density at radius 3 is 2.50 bits per heavy atom. The van der Waals surface area contributed by atoms with E-state index in [2.05, 4.69) is 42.2 Å². The van der Waals surface area contributed by atoms with Crippen LogP contribution in [0.1, 0.15) is 38.2 Å². The van der Waals surface area contributed by atoms with E-state index < -0.39 is 0 Å². The smallest absolute Gasteiger partial charge is 0.0615 e. The van der Waals surface area contributed by atoms with Crippen molar-refractivity contribution in [1.29, 1.82) is 0 Å². The summed E-state index contributed by atoms with van der Waals surface area (Å²) in [5.41, 5.74) is 1.54. The zero-order valence-electron chi connectivity index (χ0n) is 14.1. The molecule has 2 rings (SSSR count). The predicted molar refractivity (Wildman–Crippen MR) is 91.0 cm³/mol. The standard InChI is InChI=1S/C19H31NO2/c1-17(15-22-2)20-13-11-19(16-21,12-14-20)10-6-9-18-7-4-3-5-8-18/h3-5,7-8,17,21H,6,9-16H2,1-2H3. The van der Waals surface area contributed by atoms with Crippen LogP contribution in [0.2, 0.25) is 0 Å². The van der Waals surface area contributed by atoms with Gasteiger partial charge in [0, 0.05) is 19.8 Å². The third kappa shape index (κ3) is 4.80. The van der Waals surface area contributed by atoms with Gasteiger partial charge in [0.1, 0.15) is 0 Å². The zero-order valence-corrected chi connectivity index (χ0v) is 14.1. The number of methoxy groups -OCH3 is 1. The quantitative estimate of drug-likeness (QED) is 0.801. The Bertz CT molecular complexity index is 413. The molecule has 1 aliphatic heterocycles. The molecule has 3 nitrogen and oxygen atoms in total. The van der Waals surface area contributed by atoms with Crippen molar-refractivity contribution in [2.24, 2.45) is 5.41 Å². The first-order chi connectivity index (χ1) is 10.7. The fourth-order valence-corrected chi connectivity index (χ4v) is 3.59. The van der Waals surface area contributed by atoms with Gasteiger partial charge in [-0.15, -0.1) is 0 Å². The Morgan fingerprint density at radius 2 is 1.91 bits per heavy atom. The average Bonchev–Trinajstić information content (AvgIpc) is 2.56. The Balaban J connectivity index is 1.79. The highest BCUT2D eigenvalue weighted by Gasteiger charge is 2.34. The monoisotopic (exact) mass is 305 g/mol. The number of likely N-dealkylation sites (tertiary alicyclic amines) is 1. The van der Waals surface area contributed by atoms with Gasteiger partial charge in [-0.3, -0.25) is 4.90 Å². The molecule has 1 saturated heterocycles. The van der Waals surface area contributed by atoms with E-state index in [0.717, 1.165) is 51.8 Å². The molecule has 22 heavy (non-hydrogen) atoms. The first-order valence-corrected chi connectivity index (χ1v) is 8.57. The summed E-state index contributed by atoms with van der Waals surface area (Å²) >= 11 is 0. The number of piperidine rings is 1. The minimum Gasteiger partial charge on any atom is -0.396 e. The van der Waals surface area contributed by atoms with Gasteiger partial charge in [-0.2, -0.15) is 0 Å². The van der Waals surface area contributed by atoms with Gasteiger partial charge in [0.25, 0.3) is 0 Å². The van der Waals surface area contributed by atoms with Gasteiger partial charge in [0.15, 0.2) is 0 Å². The molecule has 1 fully saturated rings. The maximum atomic E-state index is 9.92. The number of ether oxygens (including phenoxy) is 1. The summed E-state index contributed by atoms with van der Waals surface area (Å²) < 4.78 is 5.26. The second kappa shape index (κ2) is 8.66. The molecule has 1 aromatic carbocycles. The van der Waals surface area contributed by atoms with Crippen molar-refractivity contribution in [1.82, 2.24) is 4.90 Å². The topological polar surface area (TPSA) is 32.7 Å². The molecule has 1 N–H and O–H groups in total. The highest BCUT2D eigenvalue weighted by atomic mass is 16.5. The fraction of sp³-hybridized carbons (Fsp3) is 0.684. The number of aliphatic hydroxyl groups is 1. The molecule has 0 radical (unpaired) electrons. The Labute approximate surface area is 135 Å². The number of aliphatic hydroxyl groups excluding tert-OH is 1. The molecule has 124 valence electrons. The maximum Gasteiger partial charge on any atom is 0.0615 e. The number of nitrogens with zero attached hydrogens (tertiary/aromatic N) is 1. The average molecular weight is 305 g/mol. The van der Waals surface area contributed by atoms with Crippen LogP contribution in [0.15, 0.2) is 30.3 Å². The molecule has 1 atom stereocenters. The van der Waals surface area contributed by atoms with Crippen LogP contribution >= 0.6 is 0 Å². The summed E-state index contributed by atoms with van der Waals surface area (Å²) in [5.74, 6) is 0. The Kier molecular flexibility index (Phi) is 6.87. The van der Waals surface area contributed by atoms with Crippen molar-refractivity contribution in [3.05, 3.63) is 35.9 Å². The van der Waals surface area contributed by atoms with E-state index in [1.165, 1.54) is 5.56 Å². The van der Waals surface area contributed by atoms with E-state index in [-0.39, 0.29) is 5.41 Å². The van der Waals surface area contributed by atoms with Crippen LogP contribution in [0, 0.1) is 5.41 Å². The maximum absolute atomic E-state index is 9.92. The number of rotatable bonds is 8. The molecule has 3 heteroatoms. The lowest BCUT2D eigenvalue weighted by atomic mass is 9.74. The fourth-order valence-electron chi connectivity index (χ4n) is 3.59. The molecule has 0 bridgehead atoms. The zero-order chi connectivity index (χ0) is 15.8. The molecular weight excluding hydrogens is 274 g/mol. The minimum atomic E-state index is 0.137. The number of aryl methyl sites for hydroxylation is 1. The summed E-state index contributed by atoms with van der Waals surface area (Å²) in [5, 5.41) is 9.92. The van der Waals surface area contributed by atoms with Gasteiger partial charge in [-0.1, -0.05) is 30.3 Å². The molecule has 0 saturated carbocycles. The van der Waals surface area contributed by atoms with Crippen molar-refractivity contribution >= 4 is 0 Å². The van der Waals surface area contributed by atoms with Gasteiger partial charge in [0.05, 0.1) is 6.61 Å². The van der Waals surface area contributed by atoms with Crippen molar-refractivity contribution in [2.45, 2.75) is 45.1 Å². The highest BCUT2D eigenvalue weighted by molar-refractivity contribution is 5.14. The van der Waals surface area contributed by atoms with E-state index in [1.807, 2.05) is 0 Å². The van der Waals surface area contributed by atoms with Gasteiger partial charge in [-0.05, 0) is 63.1 Å². The number of hydrogen-bond donors (Lipinski definition) is 1. The van der Waals surface area contributed by atoms with Crippen molar-refractivity contribution in [2.75, 3.05) is 33.4 Å². The summed E-state index contributed by atoms with van der Waals surface area (Å²) in [4.78, 5) is 2.49. The van der Waals surface area contributed by atoms with E-state index >= 15 is 0 Å². The second-order valence-corrected chi connectivity index (χ2v) is 6.84. The Hall–Kier alpha value is -0.900. The van der Waals surface area contributed by atoms with Gasteiger partial charge in [0.2, 0.25) is 0 Å². The number of hydrogen-bond acceptors (Lipinski definition) is 3. The van der Waals surface area contributed by atoms with Crippen LogP contribution in [0.3, 0.4) is 0 Å². The normalized spacial score (nSPS) is 20.0. The van der Waals surface area contributed by atoms with E-state index in [1.54, 1.807) is 7.11 Å². The van der Waals surface area contributed by atoms with Crippen LogP contribution in [0.25, 0.3) is 0 Å². The number of benzene rings is 1. The van der Waals surface area contributed by atoms with Crippen molar-refractivity contribution in [3.63, 3.8) is 0 Å². The third-order valence-corrected chi connectivity index (χ3v) is 5.24. The largest absolute Gasteiger partial charge is 0.396 e. The van der Waals surface area contributed by atoms with Gasteiger partial charge in [-0.25, -0.2) is 0 Å². The molecule has 0 amide bonds. The Morgan fingerprint density at radius 1 is 1.23 bits per heavy atom. The second-order valence-electron chi connectivity index (χ2n) is 6.84. The van der Waals surface area contributed by atoms with Crippen LogP contribution in [0.4, 0.5) is 0 Å². The van der Waals surface area contributed by atoms with E-state index in [9.17, 15) is 5.11 Å². The molecule has 0 spiro atoms.